The van der Waals surface area contributed by atoms with Crippen molar-refractivity contribution in [3.05, 3.63) is 96.1 Å². The van der Waals surface area contributed by atoms with Gasteiger partial charge in [-0.05, 0) is 97.6 Å². The zero-order chi connectivity index (χ0) is 31.0. The van der Waals surface area contributed by atoms with E-state index in [2.05, 4.69) is 157 Å². The van der Waals surface area contributed by atoms with Gasteiger partial charge in [0.25, 0.3) is 0 Å². The number of nitrogens with zero attached hydrogens (tertiary/aromatic N) is 3. The maximum absolute atomic E-state index is 5.57. The summed E-state index contributed by atoms with van der Waals surface area (Å²) in [6.45, 7) is 19.0. The van der Waals surface area contributed by atoms with E-state index >= 15 is 0 Å². The van der Waals surface area contributed by atoms with Crippen molar-refractivity contribution in [1.82, 2.24) is 9.80 Å². The largest absolute Gasteiger partial charge is 0.307 e. The summed E-state index contributed by atoms with van der Waals surface area (Å²) in [6, 6.07) is 31.5. The van der Waals surface area contributed by atoms with Crippen LogP contribution in [0.2, 0.25) is 0 Å². The van der Waals surface area contributed by atoms with Crippen molar-refractivity contribution < 1.29 is 0 Å². The van der Waals surface area contributed by atoms with E-state index in [9.17, 15) is 0 Å². The average Bonchev–Trinajstić information content (AvgIpc) is 3.03. The van der Waals surface area contributed by atoms with Crippen molar-refractivity contribution in [2.75, 3.05) is 46.8 Å². The van der Waals surface area contributed by atoms with E-state index in [1.54, 1.807) is 0 Å². The SMILES string of the molecule is CCN(C)CCC(C=NCC(CCN(C)CC)(c1cccc2ccccc12)C(C)C)(c1cccc2ccccc12)C(C)C. The normalized spacial score (nSPS) is 15.3. The maximum Gasteiger partial charge on any atom is 0.0485 e. The van der Waals surface area contributed by atoms with Crippen molar-refractivity contribution in [3.8, 4) is 0 Å². The maximum atomic E-state index is 5.57. The predicted molar refractivity (Wildman–Crippen MR) is 190 cm³/mol. The van der Waals surface area contributed by atoms with Gasteiger partial charge in [0.2, 0.25) is 0 Å². The van der Waals surface area contributed by atoms with Crippen LogP contribution < -0.4 is 0 Å². The van der Waals surface area contributed by atoms with E-state index < -0.39 is 0 Å². The highest BCUT2D eigenvalue weighted by Crippen LogP contribution is 2.42. The van der Waals surface area contributed by atoms with Crippen LogP contribution in [0, 0.1) is 11.8 Å². The van der Waals surface area contributed by atoms with Crippen LogP contribution in [0.4, 0.5) is 0 Å². The molecule has 3 nitrogen and oxygen atoms in total. The third-order valence-corrected chi connectivity index (χ3v) is 10.4. The third kappa shape index (κ3) is 7.05. The molecule has 0 saturated heterocycles. The standard InChI is InChI=1S/C40H55N3/c1-9-42(7)27-25-39(31(3)4,37-23-15-19-33-17-11-13-21-35(33)37)29-41-30-40(32(5)6,26-28-43(8)10-2)38-24-16-20-34-18-12-14-22-36(34)38/h11-24,29,31-32H,9-10,25-28,30H2,1-8H3. The molecule has 0 aliphatic heterocycles. The van der Waals surface area contributed by atoms with Crippen molar-refractivity contribution >= 4 is 27.8 Å². The molecule has 0 heterocycles. The summed E-state index contributed by atoms with van der Waals surface area (Å²) in [5.41, 5.74) is 2.59. The molecule has 0 spiro atoms. The Balaban J connectivity index is 1.87. The number of rotatable bonds is 15. The lowest BCUT2D eigenvalue weighted by Gasteiger charge is -2.40. The van der Waals surface area contributed by atoms with Gasteiger partial charge in [0.1, 0.15) is 0 Å². The van der Waals surface area contributed by atoms with Crippen molar-refractivity contribution in [3.63, 3.8) is 0 Å². The van der Waals surface area contributed by atoms with E-state index in [0.29, 0.717) is 11.8 Å². The van der Waals surface area contributed by atoms with Gasteiger partial charge in [-0.2, -0.15) is 0 Å². The Morgan fingerprint density at radius 2 is 1.12 bits per heavy atom. The Labute approximate surface area is 262 Å². The first-order valence-corrected chi connectivity index (χ1v) is 16.5. The minimum absolute atomic E-state index is 0.0809. The molecular formula is C40H55N3. The molecule has 0 amide bonds. The summed E-state index contributed by atoms with van der Waals surface area (Å²) >= 11 is 0. The van der Waals surface area contributed by atoms with E-state index in [1.807, 2.05) is 0 Å². The highest BCUT2D eigenvalue weighted by atomic mass is 15.1. The molecule has 0 aliphatic rings. The van der Waals surface area contributed by atoms with Crippen LogP contribution in [-0.2, 0) is 10.8 Å². The van der Waals surface area contributed by atoms with Crippen molar-refractivity contribution in [1.29, 1.82) is 0 Å². The summed E-state index contributed by atoms with van der Waals surface area (Å²) < 4.78 is 0. The van der Waals surface area contributed by atoms with Gasteiger partial charge in [-0.1, -0.05) is 126 Å². The zero-order valence-electron chi connectivity index (χ0n) is 28.1. The summed E-state index contributed by atoms with van der Waals surface area (Å²) in [7, 11) is 4.48. The van der Waals surface area contributed by atoms with Crippen LogP contribution in [0.25, 0.3) is 21.5 Å². The van der Waals surface area contributed by atoms with Gasteiger partial charge < -0.3 is 9.80 Å². The van der Waals surface area contributed by atoms with Crippen LogP contribution in [0.1, 0.15) is 65.5 Å². The second-order valence-corrected chi connectivity index (χ2v) is 13.3. The lowest BCUT2D eigenvalue weighted by atomic mass is 9.67. The van der Waals surface area contributed by atoms with Gasteiger partial charge in [-0.15, -0.1) is 0 Å². The molecule has 4 aromatic carbocycles. The average molecular weight is 578 g/mol. The molecule has 2 atom stereocenters. The monoisotopic (exact) mass is 577 g/mol. The lowest BCUT2D eigenvalue weighted by molar-refractivity contribution is 0.240. The summed E-state index contributed by atoms with van der Waals surface area (Å²) in [5.74, 6) is 0.822. The molecular weight excluding hydrogens is 522 g/mol. The summed E-state index contributed by atoms with van der Waals surface area (Å²) in [6.07, 6.45) is 4.49. The predicted octanol–water partition coefficient (Wildman–Crippen LogP) is 9.24. The van der Waals surface area contributed by atoms with E-state index in [1.165, 1.54) is 32.7 Å². The van der Waals surface area contributed by atoms with Gasteiger partial charge in [0.15, 0.2) is 0 Å². The minimum Gasteiger partial charge on any atom is -0.307 e. The smallest absolute Gasteiger partial charge is 0.0485 e. The van der Waals surface area contributed by atoms with Gasteiger partial charge in [-0.3, -0.25) is 4.99 Å². The molecule has 0 bridgehead atoms. The first kappa shape index (κ1) is 32.9. The van der Waals surface area contributed by atoms with Crippen LogP contribution >= 0.6 is 0 Å². The van der Waals surface area contributed by atoms with Gasteiger partial charge >= 0.3 is 0 Å². The fourth-order valence-corrected chi connectivity index (χ4v) is 6.84. The Morgan fingerprint density at radius 1 is 0.628 bits per heavy atom. The first-order chi connectivity index (χ1) is 20.7. The zero-order valence-corrected chi connectivity index (χ0v) is 28.1. The quantitative estimate of drug-likeness (QED) is 0.131. The Morgan fingerprint density at radius 3 is 1.65 bits per heavy atom. The molecule has 0 fully saturated rings. The Kier molecular flexibility index (Phi) is 11.2. The number of benzene rings is 4. The van der Waals surface area contributed by atoms with Gasteiger partial charge in [0.05, 0.1) is 0 Å². The molecule has 4 rings (SSSR count). The topological polar surface area (TPSA) is 18.8 Å². The first-order valence-electron chi connectivity index (χ1n) is 16.5. The van der Waals surface area contributed by atoms with E-state index in [-0.39, 0.29) is 10.8 Å². The molecule has 230 valence electrons. The van der Waals surface area contributed by atoms with Crippen LogP contribution in [0.15, 0.2) is 89.9 Å². The highest BCUT2D eigenvalue weighted by Gasteiger charge is 2.39. The highest BCUT2D eigenvalue weighted by molar-refractivity contribution is 5.91. The fraction of sp³-hybridized carbons (Fsp3) is 0.475. The van der Waals surface area contributed by atoms with Gasteiger partial charge in [0, 0.05) is 23.6 Å². The van der Waals surface area contributed by atoms with Crippen molar-refractivity contribution in [2.45, 2.75) is 65.2 Å². The third-order valence-electron chi connectivity index (χ3n) is 10.4. The summed E-state index contributed by atoms with van der Waals surface area (Å²) in [4.78, 5) is 10.5. The molecule has 4 aromatic rings. The Hall–Kier alpha value is -3.01. The summed E-state index contributed by atoms with van der Waals surface area (Å²) in [5, 5.41) is 5.32. The molecule has 0 radical (unpaired) electrons. The van der Waals surface area contributed by atoms with Crippen LogP contribution in [0.5, 0.6) is 0 Å². The van der Waals surface area contributed by atoms with E-state index in [4.69, 9.17) is 4.99 Å². The number of aliphatic imine (C=N–C) groups is 1. The second-order valence-electron chi connectivity index (χ2n) is 13.3. The van der Waals surface area contributed by atoms with Crippen LogP contribution in [-0.4, -0.2) is 62.8 Å². The Bertz CT molecular complexity index is 1480. The molecule has 2 unspecified atom stereocenters. The lowest BCUT2D eigenvalue weighted by Crippen LogP contribution is -2.41. The van der Waals surface area contributed by atoms with Crippen LogP contribution in [0.3, 0.4) is 0 Å². The number of hydrogen-bond donors (Lipinski definition) is 0. The van der Waals surface area contributed by atoms with E-state index in [0.717, 1.165) is 45.6 Å². The number of fused-ring (bicyclic) bond motifs is 2. The number of hydrogen-bond acceptors (Lipinski definition) is 3. The molecule has 0 aliphatic carbocycles. The second kappa shape index (κ2) is 14.6. The molecule has 43 heavy (non-hydrogen) atoms. The fourth-order valence-electron chi connectivity index (χ4n) is 6.84. The molecule has 3 heteroatoms. The van der Waals surface area contributed by atoms with Crippen molar-refractivity contribution in [2.24, 2.45) is 16.8 Å². The van der Waals surface area contributed by atoms with Gasteiger partial charge in [-0.25, -0.2) is 0 Å². The molecule has 0 aromatic heterocycles. The minimum atomic E-state index is -0.175. The molecule has 0 N–H and O–H groups in total. The molecule has 0 saturated carbocycles.